The van der Waals surface area contributed by atoms with Crippen LogP contribution in [0.25, 0.3) is 0 Å². The molecule has 4 nitrogen and oxygen atoms in total. The van der Waals surface area contributed by atoms with Gasteiger partial charge in [0, 0.05) is 23.8 Å². The van der Waals surface area contributed by atoms with E-state index in [1.165, 1.54) is 38.0 Å². The molecule has 2 rings (SSSR count). The van der Waals surface area contributed by atoms with Gasteiger partial charge < -0.3 is 10.2 Å². The van der Waals surface area contributed by atoms with Gasteiger partial charge in [0.25, 0.3) is 0 Å². The Hall–Kier alpha value is -0.870. The van der Waals surface area contributed by atoms with Crippen LogP contribution in [0.3, 0.4) is 0 Å². The molecule has 0 amide bonds. The summed E-state index contributed by atoms with van der Waals surface area (Å²) in [4.78, 5) is 2.51. The molecule has 1 aromatic rings. The van der Waals surface area contributed by atoms with Gasteiger partial charge in [-0.05, 0) is 39.4 Å². The van der Waals surface area contributed by atoms with E-state index in [-0.39, 0.29) is 0 Å². The predicted octanol–water partition coefficient (Wildman–Crippen LogP) is 1.54. The molecule has 0 spiro atoms. The highest BCUT2D eigenvalue weighted by Crippen LogP contribution is 2.16. The lowest BCUT2D eigenvalue weighted by atomic mass is 10.0. The molecule has 1 unspecified atom stereocenters. The van der Waals surface area contributed by atoms with Gasteiger partial charge in [0.2, 0.25) is 0 Å². The molecule has 1 aromatic heterocycles. The highest BCUT2D eigenvalue weighted by atomic mass is 15.1. The number of piperidine rings is 1. The monoisotopic (exact) mass is 222 g/mol. The molecule has 90 valence electrons. The van der Waals surface area contributed by atoms with Crippen LogP contribution in [0, 0.1) is 0 Å². The van der Waals surface area contributed by atoms with Crippen LogP contribution in [0.15, 0.2) is 12.4 Å². The third-order valence-electron chi connectivity index (χ3n) is 3.54. The molecule has 4 heteroatoms. The largest absolute Gasteiger partial charge is 0.307 e. The Morgan fingerprint density at radius 3 is 2.88 bits per heavy atom. The second-order valence-corrected chi connectivity index (χ2v) is 4.63. The van der Waals surface area contributed by atoms with Gasteiger partial charge in [-0.25, -0.2) is 0 Å². The average molecular weight is 222 g/mol. The van der Waals surface area contributed by atoms with E-state index in [2.05, 4.69) is 34.3 Å². The summed E-state index contributed by atoms with van der Waals surface area (Å²) in [5.41, 5.74) is 1.25. The normalized spacial score (nSPS) is 21.1. The first kappa shape index (κ1) is 11.6. The summed E-state index contributed by atoms with van der Waals surface area (Å²) in [6, 6.07) is 1.06. The van der Waals surface area contributed by atoms with Crippen molar-refractivity contribution in [3.05, 3.63) is 18.0 Å². The molecule has 2 N–H and O–H groups in total. The number of nitrogens with one attached hydrogen (secondary N) is 2. The Bertz CT molecular complexity index is 288. The summed E-state index contributed by atoms with van der Waals surface area (Å²) in [5, 5.41) is 10.5. The second-order valence-electron chi connectivity index (χ2n) is 4.63. The minimum atomic E-state index is 0.400. The minimum absolute atomic E-state index is 0.400. The first-order valence-electron chi connectivity index (χ1n) is 6.26. The number of nitrogens with zero attached hydrogens (tertiary/aromatic N) is 2. The van der Waals surface area contributed by atoms with Crippen molar-refractivity contribution in [2.75, 3.05) is 19.6 Å². The van der Waals surface area contributed by atoms with Crippen LogP contribution in [-0.4, -0.2) is 40.8 Å². The Morgan fingerprint density at radius 2 is 2.31 bits per heavy atom. The summed E-state index contributed by atoms with van der Waals surface area (Å²) in [6.45, 7) is 8.08. The van der Waals surface area contributed by atoms with Crippen molar-refractivity contribution in [2.24, 2.45) is 0 Å². The number of hydrogen-bond donors (Lipinski definition) is 2. The number of likely N-dealkylation sites (tertiary alicyclic amines) is 1. The van der Waals surface area contributed by atoms with E-state index in [4.69, 9.17) is 0 Å². The van der Waals surface area contributed by atoms with E-state index in [9.17, 15) is 0 Å². The molecule has 1 aliphatic heterocycles. The van der Waals surface area contributed by atoms with Gasteiger partial charge in [-0.2, -0.15) is 5.10 Å². The third kappa shape index (κ3) is 2.83. The van der Waals surface area contributed by atoms with Gasteiger partial charge in [0.1, 0.15) is 0 Å². The van der Waals surface area contributed by atoms with E-state index >= 15 is 0 Å². The molecule has 0 aromatic carbocycles. The van der Waals surface area contributed by atoms with Crippen molar-refractivity contribution in [1.29, 1.82) is 0 Å². The van der Waals surface area contributed by atoms with Crippen LogP contribution in [0.1, 0.15) is 38.3 Å². The molecule has 0 radical (unpaired) electrons. The zero-order valence-electron chi connectivity index (χ0n) is 10.2. The number of hydrogen-bond acceptors (Lipinski definition) is 3. The van der Waals surface area contributed by atoms with Gasteiger partial charge in [-0.3, -0.25) is 5.10 Å². The summed E-state index contributed by atoms with van der Waals surface area (Å²) >= 11 is 0. The number of aromatic amines is 1. The maximum absolute atomic E-state index is 3.99. The molecule has 0 bridgehead atoms. The molecule has 2 heterocycles. The average Bonchev–Trinajstić information content (AvgIpc) is 2.83. The van der Waals surface area contributed by atoms with Crippen LogP contribution in [0.5, 0.6) is 0 Å². The van der Waals surface area contributed by atoms with Crippen molar-refractivity contribution in [1.82, 2.24) is 20.4 Å². The lowest BCUT2D eigenvalue weighted by Crippen LogP contribution is -2.43. The smallest absolute Gasteiger partial charge is 0.0534 e. The standard InChI is InChI=1S/C12H22N4/c1-3-16-6-4-12(5-7-16)15-10(2)11-8-13-14-9-11/h8-10,12,15H,3-7H2,1-2H3,(H,13,14). The van der Waals surface area contributed by atoms with Crippen LogP contribution in [0.2, 0.25) is 0 Å². The number of H-pyrrole nitrogens is 1. The van der Waals surface area contributed by atoms with E-state index in [1.54, 1.807) is 0 Å². The summed E-state index contributed by atoms with van der Waals surface area (Å²) in [6.07, 6.45) is 6.39. The molecular weight excluding hydrogens is 200 g/mol. The van der Waals surface area contributed by atoms with Crippen LogP contribution in [-0.2, 0) is 0 Å². The maximum Gasteiger partial charge on any atom is 0.0534 e. The van der Waals surface area contributed by atoms with E-state index in [0.717, 1.165) is 0 Å². The first-order valence-corrected chi connectivity index (χ1v) is 6.26. The summed E-state index contributed by atoms with van der Waals surface area (Å²) < 4.78 is 0. The minimum Gasteiger partial charge on any atom is -0.307 e. The van der Waals surface area contributed by atoms with E-state index < -0.39 is 0 Å². The maximum atomic E-state index is 3.99. The zero-order chi connectivity index (χ0) is 11.4. The first-order chi connectivity index (χ1) is 7.79. The van der Waals surface area contributed by atoms with E-state index in [0.29, 0.717) is 12.1 Å². The van der Waals surface area contributed by atoms with Gasteiger partial charge in [-0.15, -0.1) is 0 Å². The van der Waals surface area contributed by atoms with Crippen molar-refractivity contribution in [2.45, 2.75) is 38.8 Å². The van der Waals surface area contributed by atoms with Gasteiger partial charge >= 0.3 is 0 Å². The van der Waals surface area contributed by atoms with Crippen molar-refractivity contribution in [3.63, 3.8) is 0 Å². The SMILES string of the molecule is CCN1CCC(NC(C)c2cn[nH]c2)CC1. The highest BCUT2D eigenvalue weighted by molar-refractivity contribution is 5.08. The lowest BCUT2D eigenvalue weighted by molar-refractivity contribution is 0.200. The Balaban J connectivity index is 1.78. The highest BCUT2D eigenvalue weighted by Gasteiger charge is 2.19. The van der Waals surface area contributed by atoms with Crippen molar-refractivity contribution in [3.8, 4) is 0 Å². The van der Waals surface area contributed by atoms with Crippen LogP contribution in [0.4, 0.5) is 0 Å². The fourth-order valence-electron chi connectivity index (χ4n) is 2.36. The Morgan fingerprint density at radius 1 is 1.56 bits per heavy atom. The molecule has 1 aliphatic rings. The third-order valence-corrected chi connectivity index (χ3v) is 3.54. The van der Waals surface area contributed by atoms with Gasteiger partial charge in [0.15, 0.2) is 0 Å². The van der Waals surface area contributed by atoms with E-state index in [1.807, 2.05) is 12.4 Å². The molecule has 1 fully saturated rings. The van der Waals surface area contributed by atoms with Crippen LogP contribution >= 0.6 is 0 Å². The molecule has 1 atom stereocenters. The molecule has 16 heavy (non-hydrogen) atoms. The lowest BCUT2D eigenvalue weighted by Gasteiger charge is -2.33. The van der Waals surface area contributed by atoms with Crippen molar-refractivity contribution >= 4 is 0 Å². The molecular formula is C12H22N4. The summed E-state index contributed by atoms with van der Waals surface area (Å²) in [5.74, 6) is 0. The fraction of sp³-hybridized carbons (Fsp3) is 0.750. The van der Waals surface area contributed by atoms with Gasteiger partial charge in [0.05, 0.1) is 6.20 Å². The quantitative estimate of drug-likeness (QED) is 0.812. The Kier molecular flexibility index (Phi) is 3.96. The Labute approximate surface area is 97.4 Å². The number of rotatable bonds is 4. The summed E-state index contributed by atoms with van der Waals surface area (Å²) in [7, 11) is 0. The topological polar surface area (TPSA) is 44.0 Å². The molecule has 0 saturated carbocycles. The molecule has 1 saturated heterocycles. The number of aromatic nitrogens is 2. The van der Waals surface area contributed by atoms with Crippen molar-refractivity contribution < 1.29 is 0 Å². The fourth-order valence-corrected chi connectivity index (χ4v) is 2.36. The predicted molar refractivity (Wildman–Crippen MR) is 65.3 cm³/mol. The van der Waals surface area contributed by atoms with Crippen LogP contribution < -0.4 is 5.32 Å². The van der Waals surface area contributed by atoms with Gasteiger partial charge in [-0.1, -0.05) is 6.92 Å². The second kappa shape index (κ2) is 5.46. The molecule has 0 aliphatic carbocycles. The zero-order valence-corrected chi connectivity index (χ0v) is 10.2.